The van der Waals surface area contributed by atoms with Crippen molar-refractivity contribution in [3.8, 4) is 0 Å². The molecule has 0 fully saturated rings. The van der Waals surface area contributed by atoms with Gasteiger partial charge in [-0.1, -0.05) is 29.8 Å². The first-order valence-electron chi connectivity index (χ1n) is 5.61. The maximum atomic E-state index is 6.15. The van der Waals surface area contributed by atoms with Gasteiger partial charge in [-0.25, -0.2) is 4.98 Å². The first-order chi connectivity index (χ1) is 8.18. The molecule has 0 saturated heterocycles. The highest BCUT2D eigenvalue weighted by Crippen LogP contribution is 2.22. The third kappa shape index (κ3) is 2.87. The fourth-order valence-electron chi connectivity index (χ4n) is 1.75. The van der Waals surface area contributed by atoms with Crippen molar-refractivity contribution in [1.82, 2.24) is 14.9 Å². The number of aromatic nitrogens is 2. The van der Waals surface area contributed by atoms with Crippen molar-refractivity contribution >= 4 is 11.6 Å². The van der Waals surface area contributed by atoms with Crippen LogP contribution in [0.25, 0.3) is 0 Å². The van der Waals surface area contributed by atoms with Crippen LogP contribution in [0.1, 0.15) is 24.2 Å². The van der Waals surface area contributed by atoms with Crippen molar-refractivity contribution in [2.45, 2.75) is 19.5 Å². The lowest BCUT2D eigenvalue weighted by atomic mass is 10.1. The molecule has 1 atom stereocenters. The largest absolute Gasteiger partial charge is 0.337 e. The fraction of sp³-hybridized carbons (Fsp3) is 0.308. The molecule has 90 valence electrons. The second kappa shape index (κ2) is 5.34. The zero-order valence-corrected chi connectivity index (χ0v) is 10.8. The highest BCUT2D eigenvalue weighted by Gasteiger charge is 2.08. The minimum absolute atomic E-state index is 0.221. The second-order valence-corrected chi connectivity index (χ2v) is 4.53. The highest BCUT2D eigenvalue weighted by atomic mass is 35.5. The Morgan fingerprint density at radius 3 is 2.82 bits per heavy atom. The van der Waals surface area contributed by atoms with E-state index in [-0.39, 0.29) is 6.04 Å². The Morgan fingerprint density at radius 1 is 1.41 bits per heavy atom. The summed E-state index contributed by atoms with van der Waals surface area (Å²) in [6, 6.07) is 8.13. The molecule has 0 spiro atoms. The van der Waals surface area contributed by atoms with E-state index in [1.54, 1.807) is 6.33 Å². The van der Waals surface area contributed by atoms with E-state index in [0.717, 1.165) is 22.8 Å². The molecule has 0 radical (unpaired) electrons. The van der Waals surface area contributed by atoms with Crippen LogP contribution < -0.4 is 5.32 Å². The number of hydrogen-bond donors (Lipinski definition) is 1. The lowest BCUT2D eigenvalue weighted by Gasteiger charge is -2.15. The third-order valence-electron chi connectivity index (χ3n) is 2.88. The first-order valence-corrected chi connectivity index (χ1v) is 5.99. The van der Waals surface area contributed by atoms with Gasteiger partial charge in [-0.05, 0) is 18.6 Å². The molecule has 0 aliphatic carbocycles. The van der Waals surface area contributed by atoms with E-state index in [9.17, 15) is 0 Å². The van der Waals surface area contributed by atoms with Gasteiger partial charge in [-0.3, -0.25) is 0 Å². The molecule has 2 aromatic rings. The Bertz CT molecular complexity index is 493. The first kappa shape index (κ1) is 12.1. The van der Waals surface area contributed by atoms with Crippen LogP contribution in [0.5, 0.6) is 0 Å². The van der Waals surface area contributed by atoms with Crippen LogP contribution in [0.3, 0.4) is 0 Å². The molecule has 1 aromatic heterocycles. The quantitative estimate of drug-likeness (QED) is 0.903. The second-order valence-electron chi connectivity index (χ2n) is 4.12. The summed E-state index contributed by atoms with van der Waals surface area (Å²) in [4.78, 5) is 4.09. The van der Waals surface area contributed by atoms with Crippen LogP contribution in [0.2, 0.25) is 5.02 Å². The molecule has 0 amide bonds. The molecular formula is C13H16ClN3. The zero-order chi connectivity index (χ0) is 12.3. The smallest absolute Gasteiger partial charge is 0.0945 e. The van der Waals surface area contributed by atoms with Crippen LogP contribution in [0, 0.1) is 0 Å². The van der Waals surface area contributed by atoms with Crippen molar-refractivity contribution in [1.29, 1.82) is 0 Å². The number of aryl methyl sites for hydroxylation is 1. The van der Waals surface area contributed by atoms with E-state index >= 15 is 0 Å². The topological polar surface area (TPSA) is 29.9 Å². The predicted molar refractivity (Wildman–Crippen MR) is 69.9 cm³/mol. The Labute approximate surface area is 106 Å². The molecule has 0 aliphatic heterocycles. The van der Waals surface area contributed by atoms with Gasteiger partial charge >= 0.3 is 0 Å². The average Bonchev–Trinajstić information content (AvgIpc) is 2.72. The molecule has 17 heavy (non-hydrogen) atoms. The summed E-state index contributed by atoms with van der Waals surface area (Å²) in [6.45, 7) is 2.89. The minimum atomic E-state index is 0.221. The third-order valence-corrected chi connectivity index (χ3v) is 3.22. The van der Waals surface area contributed by atoms with E-state index in [2.05, 4.69) is 17.2 Å². The van der Waals surface area contributed by atoms with Gasteiger partial charge in [-0.15, -0.1) is 0 Å². The lowest BCUT2D eigenvalue weighted by molar-refractivity contribution is 0.558. The molecule has 1 heterocycles. The van der Waals surface area contributed by atoms with Crippen LogP contribution in [0.4, 0.5) is 0 Å². The predicted octanol–water partition coefficient (Wildman–Crippen LogP) is 2.92. The highest BCUT2D eigenvalue weighted by molar-refractivity contribution is 6.31. The van der Waals surface area contributed by atoms with Crippen molar-refractivity contribution < 1.29 is 0 Å². The minimum Gasteiger partial charge on any atom is -0.337 e. The van der Waals surface area contributed by atoms with Gasteiger partial charge in [0, 0.05) is 30.9 Å². The molecule has 0 unspecified atom stereocenters. The maximum Gasteiger partial charge on any atom is 0.0945 e. The Kier molecular flexibility index (Phi) is 3.82. The summed E-state index contributed by atoms with van der Waals surface area (Å²) in [5, 5.41) is 4.24. The summed E-state index contributed by atoms with van der Waals surface area (Å²) >= 11 is 6.15. The van der Waals surface area contributed by atoms with Crippen molar-refractivity contribution in [2.24, 2.45) is 7.05 Å². The molecule has 1 aromatic carbocycles. The standard InChI is InChI=1S/C13H16ClN3/c1-10(12-5-3-4-6-13(12)14)16-8-11-7-15-9-17(11)2/h3-7,9-10,16H,8H2,1-2H3/t10-/m0/s1. The summed E-state index contributed by atoms with van der Waals surface area (Å²) in [5.74, 6) is 0. The molecule has 2 rings (SSSR count). The average molecular weight is 250 g/mol. The molecule has 4 heteroatoms. The van der Waals surface area contributed by atoms with Gasteiger partial charge < -0.3 is 9.88 Å². The summed E-state index contributed by atoms with van der Waals surface area (Å²) in [7, 11) is 1.99. The summed E-state index contributed by atoms with van der Waals surface area (Å²) < 4.78 is 2.01. The van der Waals surface area contributed by atoms with Gasteiger partial charge in [0.15, 0.2) is 0 Å². The van der Waals surface area contributed by atoms with E-state index in [1.165, 1.54) is 0 Å². The number of rotatable bonds is 4. The van der Waals surface area contributed by atoms with Crippen LogP contribution in [-0.4, -0.2) is 9.55 Å². The molecule has 1 N–H and O–H groups in total. The molecule has 3 nitrogen and oxygen atoms in total. The van der Waals surface area contributed by atoms with Gasteiger partial charge in [-0.2, -0.15) is 0 Å². The molecule has 0 saturated carbocycles. The number of nitrogens with zero attached hydrogens (tertiary/aromatic N) is 2. The van der Waals surface area contributed by atoms with E-state index in [4.69, 9.17) is 11.6 Å². The van der Waals surface area contributed by atoms with Gasteiger partial charge in [0.25, 0.3) is 0 Å². The lowest BCUT2D eigenvalue weighted by Crippen LogP contribution is -2.19. The van der Waals surface area contributed by atoms with E-state index in [1.807, 2.05) is 42.1 Å². The number of hydrogen-bond acceptors (Lipinski definition) is 2. The van der Waals surface area contributed by atoms with Crippen LogP contribution in [0.15, 0.2) is 36.8 Å². The normalized spacial score (nSPS) is 12.6. The zero-order valence-electron chi connectivity index (χ0n) is 10.0. The monoisotopic (exact) mass is 249 g/mol. The Hall–Kier alpha value is -1.32. The van der Waals surface area contributed by atoms with Crippen LogP contribution >= 0.6 is 11.6 Å². The number of nitrogens with one attached hydrogen (secondary N) is 1. The Morgan fingerprint density at radius 2 is 2.18 bits per heavy atom. The number of halogens is 1. The van der Waals surface area contributed by atoms with Crippen molar-refractivity contribution in [3.05, 3.63) is 53.1 Å². The van der Waals surface area contributed by atoms with Gasteiger partial charge in [0.1, 0.15) is 0 Å². The molecular weight excluding hydrogens is 234 g/mol. The SMILES string of the molecule is C[C@H](NCc1cncn1C)c1ccccc1Cl. The summed E-state index contributed by atoms with van der Waals surface area (Å²) in [5.41, 5.74) is 2.28. The number of benzene rings is 1. The van der Waals surface area contributed by atoms with E-state index < -0.39 is 0 Å². The number of imidazole rings is 1. The molecule has 0 bridgehead atoms. The summed E-state index contributed by atoms with van der Waals surface area (Å²) in [6.07, 6.45) is 3.67. The Balaban J connectivity index is 2.01. The van der Waals surface area contributed by atoms with Crippen LogP contribution in [-0.2, 0) is 13.6 Å². The maximum absolute atomic E-state index is 6.15. The van der Waals surface area contributed by atoms with Gasteiger partial charge in [0.05, 0.1) is 12.0 Å². The van der Waals surface area contributed by atoms with Gasteiger partial charge in [0.2, 0.25) is 0 Å². The fourth-order valence-corrected chi connectivity index (χ4v) is 2.05. The van der Waals surface area contributed by atoms with E-state index in [0.29, 0.717) is 0 Å². The van der Waals surface area contributed by atoms with Crippen molar-refractivity contribution in [3.63, 3.8) is 0 Å². The van der Waals surface area contributed by atoms with Crippen molar-refractivity contribution in [2.75, 3.05) is 0 Å². The molecule has 0 aliphatic rings.